The van der Waals surface area contributed by atoms with Crippen LogP contribution in [0.2, 0.25) is 0 Å². The Labute approximate surface area is 157 Å². The van der Waals surface area contributed by atoms with E-state index < -0.39 is 15.9 Å². The molecule has 2 aliphatic rings. The lowest BCUT2D eigenvalue weighted by Crippen LogP contribution is -2.68. The molecule has 4 rings (SSSR count). The fourth-order valence-corrected chi connectivity index (χ4v) is 4.02. The normalized spacial score (nSPS) is 11.8. The molecule has 0 atom stereocenters. The van der Waals surface area contributed by atoms with Crippen molar-refractivity contribution in [2.75, 3.05) is 0 Å². The molecule has 1 aromatic carbocycles. The Morgan fingerprint density at radius 2 is 1.81 bits per heavy atom. The lowest BCUT2D eigenvalue weighted by atomic mass is 10.1. The summed E-state index contributed by atoms with van der Waals surface area (Å²) in [6.07, 6.45) is 0. The second-order valence-corrected chi connectivity index (χ2v) is 7.33. The largest absolute Gasteiger partial charge is 0.501 e. The van der Waals surface area contributed by atoms with E-state index >= 15 is 0 Å². The Kier molecular flexibility index (Phi) is 5.04. The molecule has 0 unspecified atom stereocenters. The van der Waals surface area contributed by atoms with Crippen molar-refractivity contribution in [3.05, 3.63) is 50.9 Å². The molecule has 2 aromatic rings. The van der Waals surface area contributed by atoms with Gasteiger partial charge in [-0.15, -0.1) is 21.6 Å². The lowest BCUT2D eigenvalue weighted by molar-refractivity contribution is -2.00. The summed E-state index contributed by atoms with van der Waals surface area (Å²) in [6, 6.07) is 7.94. The molecule has 2 aliphatic heterocycles. The van der Waals surface area contributed by atoms with E-state index in [1.54, 1.807) is 18.3 Å². The molecule has 0 saturated heterocycles. The standard InChI is InChI=1S/C16H12N2O3S.ClHO4/c1-3-18-15(19)12-11-9-6-4-5-7-10(9)22-13(11)8(2)21-14(12)17-16(18)20;2-1(3,4)5/h4-7H,3H2,1-2H3;(H,2,3,4,5). The number of H-pyrrole nitrogens is 1. The summed E-state index contributed by atoms with van der Waals surface area (Å²) in [5, 5.41) is 1.88. The van der Waals surface area contributed by atoms with Crippen molar-refractivity contribution >= 4 is 31.5 Å². The highest BCUT2D eigenvalue weighted by atomic mass is 35.7. The summed E-state index contributed by atoms with van der Waals surface area (Å²) in [6.45, 7) is 3.94. The topological polar surface area (TPSA) is 159 Å². The van der Waals surface area contributed by atoms with Crippen LogP contribution in [0.4, 0.5) is 0 Å². The van der Waals surface area contributed by atoms with Crippen molar-refractivity contribution < 1.29 is 38.3 Å². The van der Waals surface area contributed by atoms with Gasteiger partial charge in [0.15, 0.2) is 5.56 Å². The van der Waals surface area contributed by atoms with E-state index in [1.165, 1.54) is 4.57 Å². The molecule has 0 saturated carbocycles. The first-order valence-electron chi connectivity index (χ1n) is 7.64. The lowest BCUT2D eigenvalue weighted by Gasteiger charge is -2.17. The number of nitrogens with one attached hydrogen (secondary N) is 1. The second kappa shape index (κ2) is 7.00. The van der Waals surface area contributed by atoms with Gasteiger partial charge >= 0.3 is 17.1 Å². The van der Waals surface area contributed by atoms with E-state index in [-0.39, 0.29) is 11.4 Å². The smallest absolute Gasteiger partial charge is 0.426 e. The first kappa shape index (κ1) is 19.4. The highest BCUT2D eigenvalue weighted by molar-refractivity contribution is 7.26. The summed E-state index contributed by atoms with van der Waals surface area (Å²) in [5.41, 5.74) is -0.305. The average Bonchev–Trinajstić information content (AvgIpc) is 2.94. The highest BCUT2D eigenvalue weighted by Crippen LogP contribution is 2.40. The second-order valence-electron chi connectivity index (χ2n) is 5.52. The molecule has 1 aromatic heterocycles. The zero-order chi connectivity index (χ0) is 19.9. The van der Waals surface area contributed by atoms with E-state index in [4.69, 9.17) is 23.1 Å². The third-order valence-corrected chi connectivity index (χ3v) is 5.16. The molecule has 9 nitrogen and oxygen atoms in total. The fraction of sp³-hybridized carbons (Fsp3) is 0.188. The molecule has 1 N–H and O–H groups in total. The molecule has 0 bridgehead atoms. The highest BCUT2D eigenvalue weighted by Gasteiger charge is 2.28. The summed E-state index contributed by atoms with van der Waals surface area (Å²) in [5.74, 6) is 0.946. The van der Waals surface area contributed by atoms with Crippen LogP contribution >= 0.6 is 11.3 Å². The minimum absolute atomic E-state index is 0.244. The molecule has 0 amide bonds. The number of nitrogens with zero attached hydrogens (tertiary/aromatic N) is 1. The maximum Gasteiger partial charge on any atom is 0.501 e. The van der Waals surface area contributed by atoms with Crippen molar-refractivity contribution in [3.8, 4) is 11.5 Å². The van der Waals surface area contributed by atoms with Gasteiger partial charge in [-0.3, -0.25) is 0 Å². The summed E-state index contributed by atoms with van der Waals surface area (Å²) >= 11 is 1.60. The van der Waals surface area contributed by atoms with Gasteiger partial charge in [0.1, 0.15) is 5.76 Å². The van der Waals surface area contributed by atoms with Gasteiger partial charge in [-0.1, -0.05) is 18.2 Å². The molecule has 142 valence electrons. The maximum absolute atomic E-state index is 12.7. The third kappa shape index (κ3) is 3.72. The number of aromatic amines is 1. The summed E-state index contributed by atoms with van der Waals surface area (Å²) < 4.78 is 42.9. The van der Waals surface area contributed by atoms with Crippen molar-refractivity contribution in [1.82, 2.24) is 4.57 Å². The van der Waals surface area contributed by atoms with Crippen LogP contribution in [-0.4, -0.2) is 4.57 Å². The van der Waals surface area contributed by atoms with Gasteiger partial charge in [0.2, 0.25) is 0 Å². The van der Waals surface area contributed by atoms with E-state index in [9.17, 15) is 9.59 Å². The molecule has 3 heterocycles. The summed E-state index contributed by atoms with van der Waals surface area (Å²) in [7, 11) is -4.94. The number of hydrogen-bond acceptors (Lipinski definition) is 8. The van der Waals surface area contributed by atoms with Gasteiger partial charge in [-0.2, -0.15) is 14.3 Å². The van der Waals surface area contributed by atoms with Gasteiger partial charge in [-0.25, -0.2) is 23.4 Å². The molecular weight excluding hydrogens is 400 g/mol. The molecule has 0 spiro atoms. The summed E-state index contributed by atoms with van der Waals surface area (Å²) in [4.78, 5) is 27.4. The Morgan fingerprint density at radius 1 is 1.19 bits per heavy atom. The number of rotatable bonds is 1. The predicted molar refractivity (Wildman–Crippen MR) is 85.7 cm³/mol. The number of halogens is 1. The SMILES string of the molecule is CCn1c(=O)[nH+]c2oc(C)c3sc4ccccc4c3c-2c1=O.[O-][Cl+3]([O-])([O-])[O-]. The van der Waals surface area contributed by atoms with Crippen LogP contribution in [0.15, 0.2) is 38.3 Å². The van der Waals surface area contributed by atoms with Crippen molar-refractivity contribution in [2.45, 2.75) is 20.4 Å². The minimum atomic E-state index is -4.94. The van der Waals surface area contributed by atoms with Crippen LogP contribution < -0.4 is 34.9 Å². The van der Waals surface area contributed by atoms with Crippen LogP contribution in [-0.2, 0) is 6.54 Å². The maximum atomic E-state index is 12.7. The monoisotopic (exact) mass is 412 g/mol. The minimum Gasteiger partial charge on any atom is -0.426 e. The van der Waals surface area contributed by atoms with E-state index in [2.05, 4.69) is 4.98 Å². The average molecular weight is 413 g/mol. The molecular formula is C16H13ClN2O7S. The van der Waals surface area contributed by atoms with Gasteiger partial charge in [-0.05, 0) is 19.9 Å². The fourth-order valence-electron chi connectivity index (χ4n) is 2.88. The van der Waals surface area contributed by atoms with Crippen molar-refractivity contribution in [2.24, 2.45) is 0 Å². The Bertz CT molecular complexity index is 1220. The Balaban J connectivity index is 0.000000376. The number of fused-ring (bicyclic) bond motifs is 5. The van der Waals surface area contributed by atoms with Crippen LogP contribution in [0.25, 0.3) is 31.6 Å². The van der Waals surface area contributed by atoms with E-state index in [1.807, 2.05) is 31.2 Å². The quantitative estimate of drug-likeness (QED) is 0.338. The first-order valence-corrected chi connectivity index (χ1v) is 9.69. The van der Waals surface area contributed by atoms with Crippen LogP contribution in [0, 0.1) is 17.2 Å². The van der Waals surface area contributed by atoms with Gasteiger partial charge in [0.05, 0.1) is 11.2 Å². The number of hydrogen-bond donors (Lipinski definition) is 0. The molecule has 11 heteroatoms. The number of benzene rings is 1. The van der Waals surface area contributed by atoms with E-state index in [0.717, 1.165) is 20.2 Å². The molecule has 0 fully saturated rings. The molecule has 0 radical (unpaired) electrons. The van der Waals surface area contributed by atoms with Crippen molar-refractivity contribution in [1.29, 1.82) is 0 Å². The Hall–Kier alpha value is -2.34. The van der Waals surface area contributed by atoms with Crippen LogP contribution in [0.1, 0.15) is 12.7 Å². The number of aryl methyl sites for hydroxylation is 1. The Morgan fingerprint density at radius 3 is 2.44 bits per heavy atom. The van der Waals surface area contributed by atoms with Gasteiger partial charge in [0, 0.05) is 15.5 Å². The third-order valence-electron chi connectivity index (χ3n) is 3.89. The van der Waals surface area contributed by atoms with Gasteiger partial charge < -0.3 is 4.42 Å². The van der Waals surface area contributed by atoms with Gasteiger partial charge in [0.25, 0.3) is 0 Å². The molecule has 27 heavy (non-hydrogen) atoms. The first-order chi connectivity index (χ1) is 12.6. The number of aromatic nitrogens is 2. The van der Waals surface area contributed by atoms with Crippen LogP contribution in [0.3, 0.4) is 0 Å². The predicted octanol–water partition coefficient (Wildman–Crippen LogP) is -2.34. The van der Waals surface area contributed by atoms with Crippen molar-refractivity contribution in [3.63, 3.8) is 0 Å². The van der Waals surface area contributed by atoms with Crippen LogP contribution in [0.5, 0.6) is 0 Å². The number of thiophene rings is 1. The zero-order valence-corrected chi connectivity index (χ0v) is 15.7. The molecule has 0 aliphatic carbocycles. The van der Waals surface area contributed by atoms with E-state index in [0.29, 0.717) is 17.9 Å². The zero-order valence-electron chi connectivity index (χ0n) is 14.1.